The minimum atomic E-state index is -0.303. The van der Waals surface area contributed by atoms with Gasteiger partial charge in [0.25, 0.3) is 0 Å². The molecular weight excluding hydrogens is 335 g/mol. The molecule has 0 aliphatic carbocycles. The maximum Gasteiger partial charge on any atom is 0.163 e. The highest BCUT2D eigenvalue weighted by atomic mass is 79.9. The van der Waals surface area contributed by atoms with Gasteiger partial charge in [-0.3, -0.25) is 0 Å². The average Bonchev–Trinajstić information content (AvgIpc) is 2.49. The smallest absolute Gasteiger partial charge is 0.163 e. The molecule has 1 unspecified atom stereocenters. The van der Waals surface area contributed by atoms with Crippen molar-refractivity contribution >= 4 is 15.9 Å². The summed E-state index contributed by atoms with van der Waals surface area (Å²) in [7, 11) is 3.04. The number of halogens is 2. The molecular formula is C17H18BrFO2. The fraction of sp³-hybridized carbons (Fsp3) is 0.294. The van der Waals surface area contributed by atoms with Crippen molar-refractivity contribution in [3.05, 3.63) is 58.9 Å². The van der Waals surface area contributed by atoms with Gasteiger partial charge in [0.15, 0.2) is 11.5 Å². The predicted molar refractivity (Wildman–Crippen MR) is 86.1 cm³/mol. The molecule has 0 fully saturated rings. The van der Waals surface area contributed by atoms with Crippen molar-refractivity contribution in [1.82, 2.24) is 0 Å². The Morgan fingerprint density at radius 1 is 1.10 bits per heavy atom. The molecule has 0 bridgehead atoms. The summed E-state index contributed by atoms with van der Waals surface area (Å²) in [5.74, 6) is 0.626. The lowest BCUT2D eigenvalue weighted by Gasteiger charge is -2.16. The van der Waals surface area contributed by atoms with Crippen molar-refractivity contribution < 1.29 is 13.9 Å². The van der Waals surface area contributed by atoms with Gasteiger partial charge in [0, 0.05) is 16.5 Å². The lowest BCUT2D eigenvalue weighted by molar-refractivity contribution is 0.351. The second kappa shape index (κ2) is 6.94. The summed E-state index contributed by atoms with van der Waals surface area (Å²) in [6, 6.07) is 11.2. The Kier molecular flexibility index (Phi) is 5.23. The number of benzene rings is 2. The van der Waals surface area contributed by atoms with E-state index in [4.69, 9.17) is 9.47 Å². The Bertz CT molecular complexity index is 628. The van der Waals surface area contributed by atoms with Crippen LogP contribution in [0.25, 0.3) is 0 Å². The quantitative estimate of drug-likeness (QED) is 0.717. The van der Waals surface area contributed by atoms with Gasteiger partial charge < -0.3 is 9.47 Å². The maximum atomic E-state index is 14.2. The number of rotatable bonds is 5. The summed E-state index contributed by atoms with van der Waals surface area (Å²) in [4.78, 5) is -0.126. The molecule has 0 spiro atoms. The van der Waals surface area contributed by atoms with E-state index in [1.54, 1.807) is 13.2 Å². The standard InChI is InChI=1S/C17H18BrFO2/c1-11-6-4-5-7-12(11)8-14(18)13-9-16(20-2)17(21-3)10-15(13)19/h4-7,9-10,14H,8H2,1-3H3. The van der Waals surface area contributed by atoms with E-state index in [9.17, 15) is 4.39 Å². The molecule has 2 aromatic carbocycles. The monoisotopic (exact) mass is 352 g/mol. The maximum absolute atomic E-state index is 14.2. The van der Waals surface area contributed by atoms with Crippen LogP contribution in [0.1, 0.15) is 21.5 Å². The van der Waals surface area contributed by atoms with Crippen molar-refractivity contribution in [1.29, 1.82) is 0 Å². The van der Waals surface area contributed by atoms with Crippen molar-refractivity contribution in [2.75, 3.05) is 14.2 Å². The van der Waals surface area contributed by atoms with Crippen LogP contribution < -0.4 is 9.47 Å². The van der Waals surface area contributed by atoms with Gasteiger partial charge in [-0.1, -0.05) is 40.2 Å². The third kappa shape index (κ3) is 3.56. The minimum Gasteiger partial charge on any atom is -0.493 e. The number of ether oxygens (including phenoxy) is 2. The summed E-state index contributed by atoms with van der Waals surface area (Å²) in [6.45, 7) is 2.06. The first-order valence-corrected chi connectivity index (χ1v) is 7.58. The molecule has 0 aromatic heterocycles. The third-order valence-electron chi connectivity index (χ3n) is 3.50. The van der Waals surface area contributed by atoms with Crippen LogP contribution in [0.15, 0.2) is 36.4 Å². The Balaban J connectivity index is 2.31. The fourth-order valence-electron chi connectivity index (χ4n) is 2.25. The van der Waals surface area contributed by atoms with E-state index in [2.05, 4.69) is 35.0 Å². The van der Waals surface area contributed by atoms with Crippen LogP contribution in [0.4, 0.5) is 4.39 Å². The van der Waals surface area contributed by atoms with Crippen molar-refractivity contribution in [3.8, 4) is 11.5 Å². The number of hydrogen-bond donors (Lipinski definition) is 0. The van der Waals surface area contributed by atoms with Crippen molar-refractivity contribution in [2.24, 2.45) is 0 Å². The first-order chi connectivity index (χ1) is 10.1. The summed E-state index contributed by atoms with van der Waals surface area (Å²) in [6.07, 6.45) is 0.707. The van der Waals surface area contributed by atoms with Crippen LogP contribution in [0.5, 0.6) is 11.5 Å². The molecule has 4 heteroatoms. The zero-order chi connectivity index (χ0) is 15.4. The van der Waals surface area contributed by atoms with E-state index >= 15 is 0 Å². The van der Waals surface area contributed by atoms with Crippen LogP contribution in [-0.2, 0) is 6.42 Å². The predicted octanol–water partition coefficient (Wildman–Crippen LogP) is 4.83. The normalized spacial score (nSPS) is 12.0. The zero-order valence-corrected chi connectivity index (χ0v) is 13.9. The molecule has 2 rings (SSSR count). The second-order valence-corrected chi connectivity index (χ2v) is 5.93. The Morgan fingerprint density at radius 3 is 2.33 bits per heavy atom. The highest BCUT2D eigenvalue weighted by Crippen LogP contribution is 2.37. The van der Waals surface area contributed by atoms with Crippen LogP contribution in [0.2, 0.25) is 0 Å². The number of aryl methyl sites for hydroxylation is 1. The first-order valence-electron chi connectivity index (χ1n) is 6.66. The van der Waals surface area contributed by atoms with Gasteiger partial charge in [0.2, 0.25) is 0 Å². The lowest BCUT2D eigenvalue weighted by atomic mass is 10.00. The van der Waals surface area contributed by atoms with Gasteiger partial charge in [-0.05, 0) is 30.5 Å². The molecule has 0 saturated heterocycles. The van der Waals surface area contributed by atoms with E-state index in [0.717, 1.165) is 0 Å². The molecule has 0 N–H and O–H groups in total. The molecule has 0 amide bonds. The van der Waals surface area contributed by atoms with Crippen LogP contribution in [0, 0.1) is 12.7 Å². The fourth-order valence-corrected chi connectivity index (χ4v) is 2.95. The van der Waals surface area contributed by atoms with Gasteiger partial charge in [-0.15, -0.1) is 0 Å². The summed E-state index contributed by atoms with van der Waals surface area (Å²) in [5.41, 5.74) is 2.95. The highest BCUT2D eigenvalue weighted by molar-refractivity contribution is 9.09. The second-order valence-electron chi connectivity index (χ2n) is 4.83. The SMILES string of the molecule is COc1cc(F)c(C(Br)Cc2ccccc2C)cc1OC. The molecule has 2 aromatic rings. The molecule has 0 saturated carbocycles. The number of alkyl halides is 1. The van der Waals surface area contributed by atoms with Crippen molar-refractivity contribution in [3.63, 3.8) is 0 Å². The van der Waals surface area contributed by atoms with Gasteiger partial charge in [-0.2, -0.15) is 0 Å². The number of methoxy groups -OCH3 is 2. The van der Waals surface area contributed by atoms with Crippen molar-refractivity contribution in [2.45, 2.75) is 18.2 Å². The summed E-state index contributed by atoms with van der Waals surface area (Å²) >= 11 is 3.58. The molecule has 2 nitrogen and oxygen atoms in total. The molecule has 112 valence electrons. The lowest BCUT2D eigenvalue weighted by Crippen LogP contribution is -2.02. The molecule has 0 aliphatic heterocycles. The van der Waals surface area contributed by atoms with E-state index < -0.39 is 0 Å². The van der Waals surface area contributed by atoms with Crippen LogP contribution >= 0.6 is 15.9 Å². The van der Waals surface area contributed by atoms with E-state index in [1.165, 1.54) is 24.3 Å². The zero-order valence-electron chi connectivity index (χ0n) is 12.3. The van der Waals surface area contributed by atoms with Gasteiger partial charge in [0.1, 0.15) is 5.82 Å². The van der Waals surface area contributed by atoms with Gasteiger partial charge in [0.05, 0.1) is 14.2 Å². The molecule has 1 atom stereocenters. The summed E-state index contributed by atoms with van der Waals surface area (Å²) < 4.78 is 24.6. The van der Waals surface area contributed by atoms with E-state index in [0.29, 0.717) is 23.5 Å². The van der Waals surface area contributed by atoms with E-state index in [-0.39, 0.29) is 10.6 Å². The Hall–Kier alpha value is -1.55. The average molecular weight is 353 g/mol. The van der Waals surface area contributed by atoms with Crippen LogP contribution in [0.3, 0.4) is 0 Å². The number of hydrogen-bond acceptors (Lipinski definition) is 2. The molecule has 0 heterocycles. The van der Waals surface area contributed by atoms with Gasteiger partial charge >= 0.3 is 0 Å². The Morgan fingerprint density at radius 2 is 1.71 bits per heavy atom. The summed E-state index contributed by atoms with van der Waals surface area (Å²) in [5, 5.41) is 0. The highest BCUT2D eigenvalue weighted by Gasteiger charge is 2.18. The molecule has 0 aliphatic rings. The first kappa shape index (κ1) is 15.8. The molecule has 0 radical (unpaired) electrons. The van der Waals surface area contributed by atoms with Crippen LogP contribution in [-0.4, -0.2) is 14.2 Å². The molecule has 21 heavy (non-hydrogen) atoms. The minimum absolute atomic E-state index is 0.126. The van der Waals surface area contributed by atoms with Gasteiger partial charge in [-0.25, -0.2) is 4.39 Å². The largest absolute Gasteiger partial charge is 0.493 e. The van der Waals surface area contributed by atoms with E-state index in [1.807, 2.05) is 12.1 Å². The topological polar surface area (TPSA) is 18.5 Å². The third-order valence-corrected chi connectivity index (χ3v) is 4.32. The Labute approximate surface area is 133 Å².